The first-order valence-electron chi connectivity index (χ1n) is 6.85. The van der Waals surface area contributed by atoms with E-state index in [-0.39, 0.29) is 21.8 Å². The fraction of sp³-hybridized carbons (Fsp3) is 0.467. The molecule has 0 spiro atoms. The van der Waals surface area contributed by atoms with Crippen molar-refractivity contribution >= 4 is 21.9 Å². The van der Waals surface area contributed by atoms with Crippen LogP contribution in [0.15, 0.2) is 23.1 Å². The maximum Gasteiger partial charge on any atom is 0.339 e. The molecule has 1 fully saturated rings. The number of sulfonamides is 1. The van der Waals surface area contributed by atoms with Crippen LogP contribution in [0.1, 0.15) is 36.2 Å². The van der Waals surface area contributed by atoms with Crippen molar-refractivity contribution in [2.24, 2.45) is 11.3 Å². The summed E-state index contributed by atoms with van der Waals surface area (Å²) in [6.45, 7) is 5.41. The van der Waals surface area contributed by atoms with E-state index in [0.29, 0.717) is 12.0 Å². The maximum atomic E-state index is 12.4. The second-order valence-corrected chi connectivity index (χ2v) is 7.81. The summed E-state index contributed by atoms with van der Waals surface area (Å²) < 4.78 is 31.6. The molecule has 1 atom stereocenters. The smallest absolute Gasteiger partial charge is 0.339 e. The number of aryl methyl sites for hydroxylation is 1. The lowest BCUT2D eigenvalue weighted by Gasteiger charge is -2.12. The van der Waals surface area contributed by atoms with E-state index >= 15 is 0 Å². The van der Waals surface area contributed by atoms with Crippen LogP contribution in [0.25, 0.3) is 0 Å². The summed E-state index contributed by atoms with van der Waals surface area (Å²) >= 11 is 0. The molecule has 0 saturated heterocycles. The van der Waals surface area contributed by atoms with Crippen molar-refractivity contribution in [1.29, 1.82) is 0 Å². The Bertz CT molecular complexity index is 736. The number of rotatable bonds is 4. The van der Waals surface area contributed by atoms with Gasteiger partial charge in [0.2, 0.25) is 5.91 Å². The van der Waals surface area contributed by atoms with Crippen molar-refractivity contribution in [3.05, 3.63) is 29.3 Å². The molecule has 7 heteroatoms. The van der Waals surface area contributed by atoms with Crippen molar-refractivity contribution < 1.29 is 22.7 Å². The second-order valence-electron chi connectivity index (χ2n) is 6.15. The van der Waals surface area contributed by atoms with Gasteiger partial charge in [-0.25, -0.2) is 17.9 Å². The van der Waals surface area contributed by atoms with Gasteiger partial charge >= 0.3 is 5.97 Å². The SMILES string of the molecule is COC(=O)c1c(C)cccc1S(=O)(=O)NC(=O)[C@H]1CC1(C)C. The molecule has 1 amide bonds. The van der Waals surface area contributed by atoms with Crippen molar-refractivity contribution in [3.8, 4) is 0 Å². The molecule has 120 valence electrons. The molecule has 1 aromatic rings. The number of nitrogens with one attached hydrogen (secondary N) is 1. The van der Waals surface area contributed by atoms with Gasteiger partial charge in [0.15, 0.2) is 0 Å². The van der Waals surface area contributed by atoms with Gasteiger partial charge in [-0.05, 0) is 30.4 Å². The van der Waals surface area contributed by atoms with Gasteiger partial charge in [0.05, 0.1) is 12.7 Å². The quantitative estimate of drug-likeness (QED) is 0.850. The average molecular weight is 325 g/mol. The largest absolute Gasteiger partial charge is 0.465 e. The highest BCUT2D eigenvalue weighted by molar-refractivity contribution is 7.90. The van der Waals surface area contributed by atoms with Crippen LogP contribution in [-0.4, -0.2) is 27.4 Å². The summed E-state index contributed by atoms with van der Waals surface area (Å²) in [7, 11) is -2.95. The molecular weight excluding hydrogens is 306 g/mol. The third-order valence-electron chi connectivity index (χ3n) is 3.98. The van der Waals surface area contributed by atoms with Crippen LogP contribution >= 0.6 is 0 Å². The summed E-state index contributed by atoms with van der Waals surface area (Å²) in [5.41, 5.74) is 0.228. The van der Waals surface area contributed by atoms with E-state index in [4.69, 9.17) is 0 Å². The Balaban J connectivity index is 2.36. The zero-order valence-corrected chi connectivity index (χ0v) is 13.8. The molecule has 0 unspecified atom stereocenters. The number of methoxy groups -OCH3 is 1. The number of carbonyl (C=O) groups excluding carboxylic acids is 2. The van der Waals surface area contributed by atoms with E-state index in [2.05, 4.69) is 9.46 Å². The van der Waals surface area contributed by atoms with Gasteiger partial charge in [-0.1, -0.05) is 26.0 Å². The van der Waals surface area contributed by atoms with Crippen LogP contribution in [0.5, 0.6) is 0 Å². The Kier molecular flexibility index (Phi) is 4.04. The molecule has 0 heterocycles. The fourth-order valence-electron chi connectivity index (χ4n) is 2.40. The Morgan fingerprint density at radius 2 is 1.91 bits per heavy atom. The minimum atomic E-state index is -4.12. The van der Waals surface area contributed by atoms with E-state index in [9.17, 15) is 18.0 Å². The summed E-state index contributed by atoms with van der Waals surface area (Å²) in [5.74, 6) is -1.62. The highest BCUT2D eigenvalue weighted by atomic mass is 32.2. The average Bonchev–Trinajstić information content (AvgIpc) is 3.06. The highest BCUT2D eigenvalue weighted by Gasteiger charge is 2.51. The molecule has 2 rings (SSSR count). The number of hydrogen-bond acceptors (Lipinski definition) is 5. The topological polar surface area (TPSA) is 89.5 Å². The summed E-state index contributed by atoms with van der Waals surface area (Å²) in [4.78, 5) is 23.6. The van der Waals surface area contributed by atoms with Crippen molar-refractivity contribution in [2.75, 3.05) is 7.11 Å². The number of amides is 1. The first-order chi connectivity index (χ1) is 10.1. The highest BCUT2D eigenvalue weighted by Crippen LogP contribution is 2.51. The third kappa shape index (κ3) is 2.99. The van der Waals surface area contributed by atoms with Gasteiger partial charge in [-0.2, -0.15) is 0 Å². The fourth-order valence-corrected chi connectivity index (χ4v) is 3.69. The van der Waals surface area contributed by atoms with Gasteiger partial charge in [0.25, 0.3) is 10.0 Å². The van der Waals surface area contributed by atoms with Crippen LogP contribution in [0.3, 0.4) is 0 Å². The lowest BCUT2D eigenvalue weighted by molar-refractivity contribution is -0.121. The minimum absolute atomic E-state index is 0.0552. The second kappa shape index (κ2) is 5.39. The van der Waals surface area contributed by atoms with E-state index in [1.54, 1.807) is 13.0 Å². The Morgan fingerprint density at radius 1 is 1.32 bits per heavy atom. The summed E-state index contributed by atoms with van der Waals surface area (Å²) in [5, 5.41) is 0. The predicted octanol–water partition coefficient (Wildman–Crippen LogP) is 1.63. The third-order valence-corrected chi connectivity index (χ3v) is 5.37. The molecule has 0 aliphatic heterocycles. The first kappa shape index (κ1) is 16.5. The Morgan fingerprint density at radius 3 is 2.41 bits per heavy atom. The molecule has 1 aromatic carbocycles. The molecule has 0 bridgehead atoms. The van der Waals surface area contributed by atoms with Gasteiger partial charge < -0.3 is 4.74 Å². The lowest BCUT2D eigenvalue weighted by atomic mass is 10.1. The van der Waals surface area contributed by atoms with Crippen LogP contribution in [0.2, 0.25) is 0 Å². The molecule has 22 heavy (non-hydrogen) atoms. The van der Waals surface area contributed by atoms with E-state index in [0.717, 1.165) is 0 Å². The minimum Gasteiger partial charge on any atom is -0.465 e. The molecule has 1 saturated carbocycles. The molecule has 0 radical (unpaired) electrons. The molecule has 1 aliphatic rings. The van der Waals surface area contributed by atoms with Crippen LogP contribution < -0.4 is 4.72 Å². The van der Waals surface area contributed by atoms with Gasteiger partial charge in [-0.3, -0.25) is 4.79 Å². The Hall–Kier alpha value is -1.89. The number of esters is 1. The number of benzene rings is 1. The summed E-state index contributed by atoms with van der Waals surface area (Å²) in [6.07, 6.45) is 0.645. The molecule has 1 aliphatic carbocycles. The molecule has 6 nitrogen and oxygen atoms in total. The monoisotopic (exact) mass is 325 g/mol. The van der Waals surface area contributed by atoms with Gasteiger partial charge in [0, 0.05) is 5.92 Å². The van der Waals surface area contributed by atoms with Crippen molar-refractivity contribution in [1.82, 2.24) is 4.72 Å². The summed E-state index contributed by atoms with van der Waals surface area (Å²) in [6, 6.07) is 4.41. The lowest BCUT2D eigenvalue weighted by Crippen LogP contribution is -2.34. The van der Waals surface area contributed by atoms with Crippen molar-refractivity contribution in [2.45, 2.75) is 32.1 Å². The number of carbonyl (C=O) groups is 2. The molecule has 0 aromatic heterocycles. The van der Waals surface area contributed by atoms with Crippen LogP contribution in [0.4, 0.5) is 0 Å². The van der Waals surface area contributed by atoms with Crippen molar-refractivity contribution in [3.63, 3.8) is 0 Å². The van der Waals surface area contributed by atoms with E-state index in [1.165, 1.54) is 19.2 Å². The van der Waals surface area contributed by atoms with Crippen LogP contribution in [-0.2, 0) is 19.6 Å². The zero-order chi connectivity index (χ0) is 16.7. The first-order valence-corrected chi connectivity index (χ1v) is 8.33. The van der Waals surface area contributed by atoms with Gasteiger partial charge in [0.1, 0.15) is 4.90 Å². The normalized spacial score (nSPS) is 19.4. The number of ether oxygens (including phenoxy) is 1. The van der Waals surface area contributed by atoms with Crippen LogP contribution in [0, 0.1) is 18.3 Å². The standard InChI is InChI=1S/C15H19NO5S/c1-9-6-5-7-11(12(9)14(18)21-4)22(19,20)16-13(17)10-8-15(10,2)3/h5-7,10H,8H2,1-4H3,(H,16,17)/t10-/m1/s1. The predicted molar refractivity (Wildman–Crippen MR) is 79.7 cm³/mol. The van der Waals surface area contributed by atoms with E-state index in [1.807, 2.05) is 13.8 Å². The molecule has 1 N–H and O–H groups in total. The zero-order valence-electron chi connectivity index (χ0n) is 13.0. The number of hydrogen-bond donors (Lipinski definition) is 1. The Labute approximate surface area is 129 Å². The van der Waals surface area contributed by atoms with E-state index < -0.39 is 21.9 Å². The maximum absolute atomic E-state index is 12.4. The molecular formula is C15H19NO5S. The van der Waals surface area contributed by atoms with Gasteiger partial charge in [-0.15, -0.1) is 0 Å².